The van der Waals surface area contributed by atoms with Crippen LogP contribution in [-0.4, -0.2) is 6.04 Å². The molecule has 0 bridgehead atoms. The Morgan fingerprint density at radius 2 is 2.21 bits per heavy atom. The molecule has 1 aromatic heterocycles. The van der Waals surface area contributed by atoms with E-state index in [0.29, 0.717) is 12.6 Å². The van der Waals surface area contributed by atoms with Crippen molar-refractivity contribution in [2.45, 2.75) is 32.4 Å². The molecule has 2 nitrogen and oxygen atoms in total. The van der Waals surface area contributed by atoms with Gasteiger partial charge in [0.1, 0.15) is 11.6 Å². The second-order valence-corrected chi connectivity index (χ2v) is 5.49. The lowest BCUT2D eigenvalue weighted by Crippen LogP contribution is -2.26. The van der Waals surface area contributed by atoms with Gasteiger partial charge in [0.15, 0.2) is 0 Å². The van der Waals surface area contributed by atoms with E-state index in [1.807, 2.05) is 12.1 Å². The third-order valence-corrected chi connectivity index (χ3v) is 3.83. The zero-order chi connectivity index (χ0) is 13.7. The van der Waals surface area contributed by atoms with E-state index in [-0.39, 0.29) is 5.82 Å². The molecule has 0 fully saturated rings. The van der Waals surface area contributed by atoms with E-state index in [0.717, 1.165) is 28.6 Å². The Labute approximate surface area is 121 Å². The second-order valence-electron chi connectivity index (χ2n) is 4.64. The Morgan fingerprint density at radius 3 is 2.95 bits per heavy atom. The molecule has 2 aromatic rings. The number of benzene rings is 1. The molecule has 0 spiro atoms. The second kappa shape index (κ2) is 6.87. The van der Waals surface area contributed by atoms with Crippen LogP contribution in [0.25, 0.3) is 0 Å². The van der Waals surface area contributed by atoms with Crippen molar-refractivity contribution >= 4 is 15.9 Å². The predicted octanol–water partition coefficient (Wildman–Crippen LogP) is 4.29. The van der Waals surface area contributed by atoms with Crippen molar-refractivity contribution in [1.29, 1.82) is 0 Å². The zero-order valence-corrected chi connectivity index (χ0v) is 12.4. The molecule has 0 amide bonds. The summed E-state index contributed by atoms with van der Waals surface area (Å²) in [5, 5.41) is 3.39. The highest BCUT2D eigenvalue weighted by Gasteiger charge is 2.06. The van der Waals surface area contributed by atoms with Crippen LogP contribution in [0.4, 0.5) is 4.39 Å². The fourth-order valence-corrected chi connectivity index (χ4v) is 2.27. The molecule has 1 heterocycles. The largest absolute Gasteiger partial charge is 0.469 e. The maximum atomic E-state index is 13.1. The van der Waals surface area contributed by atoms with Crippen molar-refractivity contribution in [2.24, 2.45) is 0 Å². The summed E-state index contributed by atoms with van der Waals surface area (Å²) in [5.74, 6) is 0.795. The maximum Gasteiger partial charge on any atom is 0.123 e. The van der Waals surface area contributed by atoms with Crippen LogP contribution < -0.4 is 5.32 Å². The van der Waals surface area contributed by atoms with Gasteiger partial charge in [-0.2, -0.15) is 0 Å². The first-order chi connectivity index (χ1) is 9.15. The van der Waals surface area contributed by atoms with Crippen LogP contribution in [0.5, 0.6) is 0 Å². The highest BCUT2D eigenvalue weighted by Crippen LogP contribution is 2.18. The third-order valence-electron chi connectivity index (χ3n) is 3.05. The predicted molar refractivity (Wildman–Crippen MR) is 77.4 cm³/mol. The summed E-state index contributed by atoms with van der Waals surface area (Å²) < 4.78 is 19.4. The molecule has 0 aliphatic rings. The monoisotopic (exact) mass is 325 g/mol. The summed E-state index contributed by atoms with van der Waals surface area (Å²) >= 11 is 3.43. The SMILES string of the molecule is CC(CCc1ccco1)NCc1cc(F)ccc1Br. The summed E-state index contributed by atoms with van der Waals surface area (Å²) in [5.41, 5.74) is 0.935. The molecule has 1 unspecified atom stereocenters. The molecule has 0 radical (unpaired) electrons. The van der Waals surface area contributed by atoms with E-state index in [2.05, 4.69) is 28.2 Å². The molecule has 19 heavy (non-hydrogen) atoms. The van der Waals surface area contributed by atoms with Crippen molar-refractivity contribution in [3.8, 4) is 0 Å². The molecule has 0 aliphatic carbocycles. The summed E-state index contributed by atoms with van der Waals surface area (Å²) in [4.78, 5) is 0. The fraction of sp³-hybridized carbons (Fsp3) is 0.333. The van der Waals surface area contributed by atoms with Gasteiger partial charge in [-0.05, 0) is 49.2 Å². The summed E-state index contributed by atoms with van der Waals surface area (Å²) in [6.07, 6.45) is 3.59. The molecule has 1 N–H and O–H groups in total. The zero-order valence-electron chi connectivity index (χ0n) is 10.8. The van der Waals surface area contributed by atoms with Crippen LogP contribution >= 0.6 is 15.9 Å². The Kier molecular flexibility index (Phi) is 5.16. The van der Waals surface area contributed by atoms with Gasteiger partial charge in [-0.25, -0.2) is 4.39 Å². The van der Waals surface area contributed by atoms with Crippen molar-refractivity contribution in [3.05, 3.63) is 58.2 Å². The number of hydrogen-bond donors (Lipinski definition) is 1. The summed E-state index contributed by atoms with van der Waals surface area (Å²) in [6, 6.07) is 8.97. The average molecular weight is 326 g/mol. The van der Waals surface area contributed by atoms with E-state index in [4.69, 9.17) is 4.42 Å². The van der Waals surface area contributed by atoms with E-state index < -0.39 is 0 Å². The first-order valence-electron chi connectivity index (χ1n) is 6.35. The first kappa shape index (κ1) is 14.3. The number of aryl methyl sites for hydroxylation is 1. The van der Waals surface area contributed by atoms with Gasteiger partial charge in [0.2, 0.25) is 0 Å². The van der Waals surface area contributed by atoms with Crippen LogP contribution in [0.3, 0.4) is 0 Å². The van der Waals surface area contributed by atoms with Crippen LogP contribution in [0.15, 0.2) is 45.5 Å². The van der Waals surface area contributed by atoms with Gasteiger partial charge < -0.3 is 9.73 Å². The van der Waals surface area contributed by atoms with Gasteiger partial charge in [0.05, 0.1) is 6.26 Å². The normalized spacial score (nSPS) is 12.6. The Balaban J connectivity index is 1.79. The lowest BCUT2D eigenvalue weighted by atomic mass is 10.1. The molecule has 1 aromatic carbocycles. The van der Waals surface area contributed by atoms with Crippen LogP contribution in [-0.2, 0) is 13.0 Å². The maximum absolute atomic E-state index is 13.1. The van der Waals surface area contributed by atoms with Crippen molar-refractivity contribution in [3.63, 3.8) is 0 Å². The van der Waals surface area contributed by atoms with Gasteiger partial charge in [0.25, 0.3) is 0 Å². The molecule has 102 valence electrons. The quantitative estimate of drug-likeness (QED) is 0.856. The summed E-state index contributed by atoms with van der Waals surface area (Å²) in [7, 11) is 0. The van der Waals surface area contributed by atoms with Crippen molar-refractivity contribution in [2.75, 3.05) is 0 Å². The lowest BCUT2D eigenvalue weighted by Gasteiger charge is -2.14. The fourth-order valence-electron chi connectivity index (χ4n) is 1.88. The van der Waals surface area contributed by atoms with Gasteiger partial charge >= 0.3 is 0 Å². The van der Waals surface area contributed by atoms with Crippen LogP contribution in [0.2, 0.25) is 0 Å². The minimum Gasteiger partial charge on any atom is -0.469 e. The molecule has 0 aliphatic heterocycles. The van der Waals surface area contributed by atoms with E-state index in [1.54, 1.807) is 18.4 Å². The third kappa shape index (κ3) is 4.48. The molecular formula is C15H17BrFNO. The smallest absolute Gasteiger partial charge is 0.123 e. The number of rotatable bonds is 6. The standard InChI is InChI=1S/C15H17BrFNO/c1-11(4-6-14-3-2-8-19-14)18-10-12-9-13(17)5-7-15(12)16/h2-3,5,7-9,11,18H,4,6,10H2,1H3. The highest BCUT2D eigenvalue weighted by atomic mass is 79.9. The average Bonchev–Trinajstić information content (AvgIpc) is 2.90. The van der Waals surface area contributed by atoms with Crippen LogP contribution in [0, 0.1) is 5.82 Å². The Morgan fingerprint density at radius 1 is 1.37 bits per heavy atom. The highest BCUT2D eigenvalue weighted by molar-refractivity contribution is 9.10. The first-order valence-corrected chi connectivity index (χ1v) is 7.14. The molecular weight excluding hydrogens is 309 g/mol. The van der Waals surface area contributed by atoms with E-state index in [9.17, 15) is 4.39 Å². The van der Waals surface area contributed by atoms with Crippen molar-refractivity contribution in [1.82, 2.24) is 5.32 Å². The van der Waals surface area contributed by atoms with Crippen LogP contribution in [0.1, 0.15) is 24.7 Å². The minimum atomic E-state index is -0.205. The van der Waals surface area contributed by atoms with Gasteiger partial charge in [-0.1, -0.05) is 15.9 Å². The lowest BCUT2D eigenvalue weighted by molar-refractivity contribution is 0.459. The van der Waals surface area contributed by atoms with E-state index >= 15 is 0 Å². The number of halogens is 2. The molecule has 2 rings (SSSR count). The number of nitrogens with one attached hydrogen (secondary N) is 1. The van der Waals surface area contributed by atoms with Gasteiger partial charge in [-0.3, -0.25) is 0 Å². The van der Waals surface area contributed by atoms with Crippen molar-refractivity contribution < 1.29 is 8.81 Å². The Hall–Kier alpha value is -1.13. The molecule has 0 saturated heterocycles. The number of furan rings is 1. The summed E-state index contributed by atoms with van der Waals surface area (Å²) in [6.45, 7) is 2.77. The minimum absolute atomic E-state index is 0.205. The topological polar surface area (TPSA) is 25.2 Å². The molecule has 1 atom stereocenters. The number of hydrogen-bond acceptors (Lipinski definition) is 2. The molecule has 0 saturated carbocycles. The van der Waals surface area contributed by atoms with E-state index in [1.165, 1.54) is 6.07 Å². The molecule has 4 heteroatoms. The van der Waals surface area contributed by atoms with Gasteiger partial charge in [-0.15, -0.1) is 0 Å². The Bertz CT molecular complexity index is 513. The van der Waals surface area contributed by atoms with Gasteiger partial charge in [0, 0.05) is 23.5 Å².